The average Bonchev–Trinajstić information content (AvgIpc) is 2.61. The minimum absolute atomic E-state index is 0.136. The average molecular weight is 391 g/mol. The van der Waals surface area contributed by atoms with Crippen LogP contribution in [0.25, 0.3) is 22.3 Å². The zero-order valence-electron chi connectivity index (χ0n) is 13.8. The molecule has 3 aromatic rings. The van der Waals surface area contributed by atoms with Crippen LogP contribution in [-0.2, 0) is 16.4 Å². The number of hydrogen-bond acceptors (Lipinski definition) is 5. The van der Waals surface area contributed by atoms with Gasteiger partial charge in [-0.25, -0.2) is 13.2 Å². The third-order valence-corrected chi connectivity index (χ3v) is 5.27. The second-order valence-electron chi connectivity index (χ2n) is 5.75. The molecule has 0 atom stereocenters. The van der Waals surface area contributed by atoms with E-state index < -0.39 is 22.1 Å². The van der Waals surface area contributed by atoms with Crippen LogP contribution < -0.4 is 5.63 Å². The summed E-state index contributed by atoms with van der Waals surface area (Å²) in [4.78, 5) is 12.7. The molecule has 0 aliphatic carbocycles. The van der Waals surface area contributed by atoms with Gasteiger partial charge >= 0.3 is 5.63 Å². The maximum absolute atomic E-state index is 12.5. The van der Waals surface area contributed by atoms with Crippen molar-refractivity contribution in [3.63, 3.8) is 0 Å². The molecule has 0 bridgehead atoms. The number of rotatable bonds is 4. The molecular formula is C19H15ClO5S. The van der Waals surface area contributed by atoms with Gasteiger partial charge in [0.05, 0.1) is 10.5 Å². The molecule has 26 heavy (non-hydrogen) atoms. The molecule has 3 rings (SSSR count). The lowest BCUT2D eigenvalue weighted by molar-refractivity contribution is 0.240. The van der Waals surface area contributed by atoms with E-state index in [1.165, 1.54) is 12.1 Å². The summed E-state index contributed by atoms with van der Waals surface area (Å²) in [6, 6.07) is 14.5. The van der Waals surface area contributed by atoms with Gasteiger partial charge in [0.1, 0.15) is 12.4 Å². The smallest absolute Gasteiger partial charge is 0.344 e. The van der Waals surface area contributed by atoms with Gasteiger partial charge in [-0.05, 0) is 41.5 Å². The normalized spacial score (nSPS) is 11.5. The lowest BCUT2D eigenvalue weighted by atomic mass is 9.96. The van der Waals surface area contributed by atoms with Gasteiger partial charge in [0, 0.05) is 16.8 Å². The highest BCUT2D eigenvalue weighted by atomic mass is 35.5. The van der Waals surface area contributed by atoms with Crippen molar-refractivity contribution in [3.8, 4) is 22.3 Å². The molecule has 0 saturated heterocycles. The molecule has 7 heteroatoms. The van der Waals surface area contributed by atoms with E-state index in [0.29, 0.717) is 16.1 Å². The molecule has 0 saturated carbocycles. The van der Waals surface area contributed by atoms with E-state index in [0.717, 1.165) is 11.8 Å². The van der Waals surface area contributed by atoms with Crippen molar-refractivity contribution in [3.05, 3.63) is 75.8 Å². The zero-order valence-corrected chi connectivity index (χ0v) is 15.3. The van der Waals surface area contributed by atoms with Gasteiger partial charge in [-0.15, -0.1) is 0 Å². The number of aliphatic hydroxyl groups excluding tert-OH is 1. The summed E-state index contributed by atoms with van der Waals surface area (Å²) >= 11 is 5.93. The SMILES string of the molecule is CS(=O)(=O)c1ccc(-c2c(-c3ccc(Cl)cc3)cc(CO)oc2=O)cc1. The van der Waals surface area contributed by atoms with Crippen molar-refractivity contribution in [2.24, 2.45) is 0 Å². The van der Waals surface area contributed by atoms with Crippen LogP contribution in [0.4, 0.5) is 0 Å². The maximum Gasteiger partial charge on any atom is 0.344 e. The quantitative estimate of drug-likeness (QED) is 0.736. The topological polar surface area (TPSA) is 84.6 Å². The lowest BCUT2D eigenvalue weighted by Crippen LogP contribution is -2.08. The minimum Gasteiger partial charge on any atom is -0.425 e. The van der Waals surface area contributed by atoms with Crippen LogP contribution in [0.15, 0.2) is 68.7 Å². The molecule has 5 nitrogen and oxygen atoms in total. The van der Waals surface area contributed by atoms with E-state index in [9.17, 15) is 18.3 Å². The number of hydrogen-bond donors (Lipinski definition) is 1. The molecule has 0 aliphatic heterocycles. The van der Waals surface area contributed by atoms with Crippen molar-refractivity contribution in [2.75, 3.05) is 6.26 Å². The summed E-state index contributed by atoms with van der Waals surface area (Å²) in [5.74, 6) is 0.136. The second kappa shape index (κ2) is 7.07. The van der Waals surface area contributed by atoms with Gasteiger partial charge in [-0.2, -0.15) is 0 Å². The fourth-order valence-corrected chi connectivity index (χ4v) is 3.38. The molecule has 2 aromatic carbocycles. The van der Waals surface area contributed by atoms with Gasteiger partial charge in [-0.3, -0.25) is 0 Å². The molecule has 0 aliphatic rings. The Bertz CT molecular complexity index is 1100. The third kappa shape index (κ3) is 3.72. The van der Waals surface area contributed by atoms with E-state index in [-0.39, 0.29) is 16.2 Å². The van der Waals surface area contributed by atoms with Crippen molar-refractivity contribution in [1.82, 2.24) is 0 Å². The van der Waals surface area contributed by atoms with Crippen molar-refractivity contribution >= 4 is 21.4 Å². The van der Waals surface area contributed by atoms with Gasteiger partial charge in [0.2, 0.25) is 0 Å². The highest BCUT2D eigenvalue weighted by Gasteiger charge is 2.16. The van der Waals surface area contributed by atoms with Gasteiger partial charge in [-0.1, -0.05) is 35.9 Å². The summed E-state index contributed by atoms with van der Waals surface area (Å²) in [6.45, 7) is -0.414. The first-order chi connectivity index (χ1) is 12.3. The number of aliphatic hydroxyl groups is 1. The Morgan fingerprint density at radius 1 is 1.00 bits per heavy atom. The summed E-state index contributed by atoms with van der Waals surface area (Å²) in [5, 5.41) is 9.90. The predicted molar refractivity (Wildman–Crippen MR) is 99.9 cm³/mol. The number of sulfone groups is 1. The Labute approximate surface area is 155 Å². The fourth-order valence-electron chi connectivity index (χ4n) is 2.62. The maximum atomic E-state index is 12.5. The van der Waals surface area contributed by atoms with Crippen LogP contribution in [0.2, 0.25) is 5.02 Å². The van der Waals surface area contributed by atoms with E-state index in [2.05, 4.69) is 0 Å². The first kappa shape index (κ1) is 18.4. The fraction of sp³-hybridized carbons (Fsp3) is 0.105. The molecular weight excluding hydrogens is 376 g/mol. The van der Waals surface area contributed by atoms with Gasteiger partial charge in [0.15, 0.2) is 9.84 Å². The Hall–Kier alpha value is -2.41. The summed E-state index contributed by atoms with van der Waals surface area (Å²) in [6.07, 6.45) is 1.12. The highest BCUT2D eigenvalue weighted by Crippen LogP contribution is 2.31. The Kier molecular flexibility index (Phi) is 5.00. The minimum atomic E-state index is -3.34. The van der Waals surface area contributed by atoms with E-state index >= 15 is 0 Å². The van der Waals surface area contributed by atoms with E-state index in [1.54, 1.807) is 42.5 Å². The summed E-state index contributed by atoms with van der Waals surface area (Å²) in [5.41, 5.74) is 1.46. The number of benzene rings is 2. The molecule has 0 unspecified atom stereocenters. The van der Waals surface area contributed by atoms with Gasteiger partial charge < -0.3 is 9.52 Å². The van der Waals surface area contributed by atoms with E-state index in [1.807, 2.05) is 0 Å². The molecule has 0 spiro atoms. The zero-order chi connectivity index (χ0) is 18.9. The van der Waals surface area contributed by atoms with Crippen LogP contribution in [0.3, 0.4) is 0 Å². The summed E-state index contributed by atoms with van der Waals surface area (Å²) in [7, 11) is -3.34. The highest BCUT2D eigenvalue weighted by molar-refractivity contribution is 7.90. The van der Waals surface area contributed by atoms with Crippen molar-refractivity contribution in [1.29, 1.82) is 0 Å². The largest absolute Gasteiger partial charge is 0.425 e. The molecule has 0 radical (unpaired) electrons. The van der Waals surface area contributed by atoms with Crippen molar-refractivity contribution < 1.29 is 17.9 Å². The van der Waals surface area contributed by atoms with E-state index in [4.69, 9.17) is 16.0 Å². The van der Waals surface area contributed by atoms with Crippen LogP contribution in [0.5, 0.6) is 0 Å². The Morgan fingerprint density at radius 3 is 2.12 bits per heavy atom. The standard InChI is InChI=1S/C19H15ClO5S/c1-26(23,24)16-8-4-13(5-9-16)18-17(10-15(11-21)25-19(18)22)12-2-6-14(20)7-3-12/h2-10,21H,11H2,1H3. The lowest BCUT2D eigenvalue weighted by Gasteiger charge is -2.11. The van der Waals surface area contributed by atoms with Crippen LogP contribution >= 0.6 is 11.6 Å². The first-order valence-corrected chi connectivity index (χ1v) is 9.91. The molecule has 1 heterocycles. The van der Waals surface area contributed by atoms with Crippen LogP contribution in [0, 0.1) is 0 Å². The van der Waals surface area contributed by atoms with Gasteiger partial charge in [0.25, 0.3) is 0 Å². The Balaban J connectivity index is 2.23. The monoisotopic (exact) mass is 390 g/mol. The molecule has 1 aromatic heterocycles. The molecule has 134 valence electrons. The first-order valence-electron chi connectivity index (χ1n) is 7.64. The summed E-state index contributed by atoms with van der Waals surface area (Å²) < 4.78 is 28.4. The molecule has 1 N–H and O–H groups in total. The third-order valence-electron chi connectivity index (χ3n) is 3.88. The van der Waals surface area contributed by atoms with Crippen molar-refractivity contribution in [2.45, 2.75) is 11.5 Å². The van der Waals surface area contributed by atoms with Crippen LogP contribution in [-0.4, -0.2) is 19.8 Å². The molecule has 0 fully saturated rings. The Morgan fingerprint density at radius 2 is 1.58 bits per heavy atom. The molecule has 0 amide bonds. The second-order valence-corrected chi connectivity index (χ2v) is 8.20. The van der Waals surface area contributed by atoms with Crippen LogP contribution in [0.1, 0.15) is 5.76 Å². The predicted octanol–water partition coefficient (Wildman–Crippen LogP) is 3.52. The number of halogens is 1.